The van der Waals surface area contributed by atoms with E-state index in [0.29, 0.717) is 26.1 Å². The first-order valence-corrected chi connectivity index (χ1v) is 13.8. The van der Waals surface area contributed by atoms with Gasteiger partial charge in [-0.05, 0) is 36.0 Å². The predicted octanol–water partition coefficient (Wildman–Crippen LogP) is 2.71. The molecule has 1 fully saturated rings. The molecule has 2 heterocycles. The fourth-order valence-electron chi connectivity index (χ4n) is 3.98. The number of anilines is 1. The van der Waals surface area contributed by atoms with E-state index in [1.165, 1.54) is 11.9 Å². The number of rotatable bonds is 6. The van der Waals surface area contributed by atoms with Crippen molar-refractivity contribution in [1.29, 1.82) is 0 Å². The Kier molecular flexibility index (Phi) is 6.99. The lowest BCUT2D eigenvalue weighted by atomic mass is 9.90. The summed E-state index contributed by atoms with van der Waals surface area (Å²) in [7, 11) is -0.841. The molecule has 1 atom stereocenters. The van der Waals surface area contributed by atoms with Crippen molar-refractivity contribution in [1.82, 2.24) is 10.1 Å². The highest BCUT2D eigenvalue weighted by Gasteiger charge is 2.37. The van der Waals surface area contributed by atoms with Crippen molar-refractivity contribution < 1.29 is 32.7 Å². The zero-order chi connectivity index (χ0) is 23.6. The number of amides is 2. The number of likely N-dealkylation sites (N-methyl/N-ethyl adjacent to an activating group) is 1. The second-order valence-electron chi connectivity index (χ2n) is 8.91. The molecule has 1 aliphatic heterocycles. The third-order valence-electron chi connectivity index (χ3n) is 5.49. The molecule has 0 spiro atoms. The number of hydrogen-bond acceptors (Lipinski definition) is 6. The number of nitrogens with zero attached hydrogens (tertiary/aromatic N) is 2. The molecule has 1 aliphatic rings. The predicted molar refractivity (Wildman–Crippen MR) is 116 cm³/mol. The number of nitrogens with one attached hydrogen (secondary N) is 1. The van der Waals surface area contributed by atoms with Gasteiger partial charge < -0.3 is 24.6 Å². The van der Waals surface area contributed by atoms with Crippen LogP contribution >= 0.6 is 0 Å². The zero-order valence-corrected chi connectivity index (χ0v) is 19.4. The van der Waals surface area contributed by atoms with Gasteiger partial charge in [-0.2, -0.15) is 0 Å². The molecular weight excluding hydrogens is 440 g/mol. The first kappa shape index (κ1) is 23.9. The Bertz CT molecular complexity index is 979. The second kappa shape index (κ2) is 9.37. The largest absolute Gasteiger partial charge is 0.491 e. The van der Waals surface area contributed by atoms with E-state index >= 15 is 0 Å². The SMILES string of the molecule is CN(C(=O)c1cc(O)no1)C(C(=O)Nc1cc(F)c([Si](C)(C)C)c(F)c1)C1CCOCC1. The maximum Gasteiger partial charge on any atom is 0.293 e. The molecule has 2 N–H and O–H groups in total. The Labute approximate surface area is 185 Å². The number of halogens is 2. The molecule has 0 saturated carbocycles. The summed E-state index contributed by atoms with van der Waals surface area (Å²) in [4.78, 5) is 27.2. The van der Waals surface area contributed by atoms with E-state index in [0.717, 1.165) is 18.2 Å². The van der Waals surface area contributed by atoms with Crippen LogP contribution in [0.5, 0.6) is 5.88 Å². The highest BCUT2D eigenvalue weighted by molar-refractivity contribution is 6.88. The van der Waals surface area contributed by atoms with Crippen molar-refractivity contribution in [2.45, 2.75) is 38.5 Å². The summed E-state index contributed by atoms with van der Waals surface area (Å²) in [5.41, 5.74) is -0.0257. The fourth-order valence-corrected chi connectivity index (χ4v) is 5.56. The van der Waals surface area contributed by atoms with Gasteiger partial charge in [0.05, 0.1) is 14.1 Å². The van der Waals surface area contributed by atoms with E-state index in [1.807, 2.05) is 19.6 Å². The van der Waals surface area contributed by atoms with Gasteiger partial charge in [0, 0.05) is 31.1 Å². The highest BCUT2D eigenvalue weighted by atomic mass is 28.3. The molecule has 1 saturated heterocycles. The van der Waals surface area contributed by atoms with Crippen molar-refractivity contribution in [2.24, 2.45) is 5.92 Å². The molecule has 3 rings (SSSR count). The summed E-state index contributed by atoms with van der Waals surface area (Å²) in [6.45, 7) is 6.34. The van der Waals surface area contributed by atoms with Crippen LogP contribution < -0.4 is 10.5 Å². The Morgan fingerprint density at radius 2 is 1.78 bits per heavy atom. The number of carbonyl (C=O) groups is 2. The van der Waals surface area contributed by atoms with Crippen LogP contribution in [0.15, 0.2) is 22.7 Å². The summed E-state index contributed by atoms with van der Waals surface area (Å²) >= 11 is 0. The van der Waals surface area contributed by atoms with Crippen LogP contribution in [-0.2, 0) is 9.53 Å². The van der Waals surface area contributed by atoms with Crippen molar-refractivity contribution in [2.75, 3.05) is 25.6 Å². The lowest BCUT2D eigenvalue weighted by Gasteiger charge is -2.35. The topological polar surface area (TPSA) is 105 Å². The van der Waals surface area contributed by atoms with Gasteiger partial charge in [-0.1, -0.05) is 19.6 Å². The van der Waals surface area contributed by atoms with E-state index in [4.69, 9.17) is 9.26 Å². The van der Waals surface area contributed by atoms with Gasteiger partial charge in [0.1, 0.15) is 17.7 Å². The van der Waals surface area contributed by atoms with Gasteiger partial charge in [-0.25, -0.2) is 8.78 Å². The van der Waals surface area contributed by atoms with Gasteiger partial charge in [-0.3, -0.25) is 9.59 Å². The van der Waals surface area contributed by atoms with Crippen molar-refractivity contribution in [3.05, 3.63) is 35.6 Å². The van der Waals surface area contributed by atoms with E-state index in [-0.39, 0.29) is 22.6 Å². The Hall–Kier alpha value is -2.79. The zero-order valence-electron chi connectivity index (χ0n) is 18.4. The molecule has 0 bridgehead atoms. The molecule has 8 nitrogen and oxygen atoms in total. The van der Waals surface area contributed by atoms with Gasteiger partial charge in [0.2, 0.25) is 11.7 Å². The normalized spacial score (nSPS) is 15.9. The quantitative estimate of drug-likeness (QED) is 0.633. The van der Waals surface area contributed by atoms with Crippen molar-refractivity contribution in [3.63, 3.8) is 0 Å². The van der Waals surface area contributed by atoms with Crippen LogP contribution in [0.3, 0.4) is 0 Å². The summed E-state index contributed by atoms with van der Waals surface area (Å²) in [6.07, 6.45) is 1.04. The number of aromatic nitrogens is 1. The molecule has 2 aromatic rings. The monoisotopic (exact) mass is 467 g/mol. The van der Waals surface area contributed by atoms with Crippen molar-refractivity contribution in [3.8, 4) is 5.88 Å². The highest BCUT2D eigenvalue weighted by Crippen LogP contribution is 2.26. The maximum absolute atomic E-state index is 14.6. The molecule has 1 aromatic carbocycles. The van der Waals surface area contributed by atoms with Gasteiger partial charge in [-0.15, -0.1) is 0 Å². The minimum atomic E-state index is -2.27. The Morgan fingerprint density at radius 3 is 2.28 bits per heavy atom. The molecule has 32 heavy (non-hydrogen) atoms. The van der Waals surface area contributed by atoms with Crippen molar-refractivity contribution >= 4 is 30.8 Å². The molecule has 0 radical (unpaired) electrons. The van der Waals surface area contributed by atoms with Crippen LogP contribution in [0.1, 0.15) is 23.4 Å². The number of hydrogen-bond donors (Lipinski definition) is 2. The molecule has 1 unspecified atom stereocenters. The third kappa shape index (κ3) is 5.15. The van der Waals surface area contributed by atoms with E-state index in [9.17, 15) is 23.5 Å². The minimum Gasteiger partial charge on any atom is -0.491 e. The summed E-state index contributed by atoms with van der Waals surface area (Å²) < 4.78 is 39.5. The number of ether oxygens (including phenoxy) is 1. The summed E-state index contributed by atoms with van der Waals surface area (Å²) in [6, 6.07) is 2.30. The van der Waals surface area contributed by atoms with E-state index in [1.54, 1.807) is 0 Å². The third-order valence-corrected chi connectivity index (χ3v) is 7.46. The van der Waals surface area contributed by atoms with Crippen LogP contribution in [0.4, 0.5) is 14.5 Å². The number of carbonyl (C=O) groups excluding carboxylic acids is 2. The fraction of sp³-hybridized carbons (Fsp3) is 0.476. The van der Waals surface area contributed by atoms with E-state index in [2.05, 4.69) is 10.5 Å². The maximum atomic E-state index is 14.6. The average molecular weight is 468 g/mol. The van der Waals surface area contributed by atoms with Crippen LogP contribution in [-0.4, -0.2) is 61.4 Å². The summed E-state index contributed by atoms with van der Waals surface area (Å²) in [5.74, 6) is -3.59. The first-order valence-electron chi connectivity index (χ1n) is 10.3. The number of benzene rings is 1. The lowest BCUT2D eigenvalue weighted by Crippen LogP contribution is -2.50. The minimum absolute atomic E-state index is 0.0257. The second-order valence-corrected chi connectivity index (χ2v) is 13.9. The van der Waals surface area contributed by atoms with Crippen LogP contribution in [0.2, 0.25) is 19.6 Å². The molecule has 11 heteroatoms. The van der Waals surface area contributed by atoms with Gasteiger partial charge in [0.25, 0.3) is 11.8 Å². The van der Waals surface area contributed by atoms with Crippen LogP contribution in [0, 0.1) is 17.6 Å². The van der Waals surface area contributed by atoms with Gasteiger partial charge >= 0.3 is 0 Å². The molecule has 1 aromatic heterocycles. The number of aromatic hydroxyl groups is 1. The standard InChI is InChI=1S/C21H27F2N3O5Si/c1-26(21(29)16-11-17(27)25-31-16)18(12-5-7-30-8-6-12)20(28)24-13-9-14(22)19(15(23)10-13)32(2,3)4/h9-12,18H,5-8H2,1-4H3,(H,24,28)(H,25,27). The molecule has 0 aliphatic carbocycles. The Balaban J connectivity index is 1.88. The van der Waals surface area contributed by atoms with Crippen LogP contribution in [0.25, 0.3) is 0 Å². The van der Waals surface area contributed by atoms with Gasteiger partial charge in [0.15, 0.2) is 0 Å². The van der Waals surface area contributed by atoms with E-state index < -0.39 is 43.4 Å². The summed E-state index contributed by atoms with van der Waals surface area (Å²) in [5, 5.41) is 15.3. The lowest BCUT2D eigenvalue weighted by molar-refractivity contribution is -0.123. The molecule has 2 amide bonds. The average Bonchev–Trinajstić information content (AvgIpc) is 3.13. The molecule has 174 valence electrons. The smallest absolute Gasteiger partial charge is 0.293 e. The first-order chi connectivity index (χ1) is 15.0. The molecular formula is C21H27F2N3O5Si. The Morgan fingerprint density at radius 1 is 1.19 bits per heavy atom.